The van der Waals surface area contributed by atoms with Gasteiger partial charge in [-0.2, -0.15) is 0 Å². The SMILES string of the molecule is COC(=O)c1cc(Br)ccc1S(=O)(=O)Nc1c(F)cccc1F. The molecule has 0 heterocycles. The van der Waals surface area contributed by atoms with Crippen LogP contribution in [-0.4, -0.2) is 21.5 Å². The maximum Gasteiger partial charge on any atom is 0.339 e. The molecule has 9 heteroatoms. The van der Waals surface area contributed by atoms with Crippen LogP contribution in [0, 0.1) is 11.6 Å². The molecule has 0 saturated carbocycles. The van der Waals surface area contributed by atoms with Crippen LogP contribution < -0.4 is 4.72 Å². The summed E-state index contributed by atoms with van der Waals surface area (Å²) in [6, 6.07) is 6.64. The van der Waals surface area contributed by atoms with Gasteiger partial charge in [-0.05, 0) is 30.3 Å². The molecule has 122 valence electrons. The van der Waals surface area contributed by atoms with Crippen molar-refractivity contribution < 1.29 is 26.7 Å². The zero-order valence-corrected chi connectivity index (χ0v) is 14.0. The van der Waals surface area contributed by atoms with Crippen molar-refractivity contribution in [2.24, 2.45) is 0 Å². The second-order valence-electron chi connectivity index (χ2n) is 4.33. The number of esters is 1. The average Bonchev–Trinajstić information content (AvgIpc) is 2.50. The Morgan fingerprint density at radius 1 is 1.17 bits per heavy atom. The summed E-state index contributed by atoms with van der Waals surface area (Å²) in [5.74, 6) is -3.06. The zero-order valence-electron chi connectivity index (χ0n) is 11.6. The van der Waals surface area contributed by atoms with Crippen LogP contribution in [0.2, 0.25) is 0 Å². The van der Waals surface area contributed by atoms with Crippen LogP contribution in [0.3, 0.4) is 0 Å². The Bertz CT molecular complexity index is 851. The molecule has 0 fully saturated rings. The van der Waals surface area contributed by atoms with E-state index < -0.39 is 38.2 Å². The summed E-state index contributed by atoms with van der Waals surface area (Å²) >= 11 is 3.11. The number of hydrogen-bond acceptors (Lipinski definition) is 4. The highest BCUT2D eigenvalue weighted by Crippen LogP contribution is 2.26. The number of ether oxygens (including phenoxy) is 1. The minimum atomic E-state index is -4.41. The van der Waals surface area contributed by atoms with E-state index in [4.69, 9.17) is 0 Å². The molecular weight excluding hydrogens is 396 g/mol. The van der Waals surface area contributed by atoms with Crippen LogP contribution in [0.1, 0.15) is 10.4 Å². The van der Waals surface area contributed by atoms with Crippen molar-refractivity contribution in [3.8, 4) is 0 Å². The predicted octanol–water partition coefficient (Wildman–Crippen LogP) is 3.31. The van der Waals surface area contributed by atoms with Crippen LogP contribution in [0.15, 0.2) is 45.8 Å². The van der Waals surface area contributed by atoms with E-state index in [1.54, 1.807) is 0 Å². The number of hydrogen-bond donors (Lipinski definition) is 1. The number of methoxy groups -OCH3 is 1. The number of carbonyl (C=O) groups excluding carboxylic acids is 1. The summed E-state index contributed by atoms with van der Waals surface area (Å²) in [5, 5.41) is 0. The third kappa shape index (κ3) is 3.67. The van der Waals surface area contributed by atoms with E-state index in [1.807, 2.05) is 4.72 Å². The van der Waals surface area contributed by atoms with E-state index in [-0.39, 0.29) is 5.56 Å². The molecule has 0 amide bonds. The number of halogens is 3. The normalized spacial score (nSPS) is 11.1. The maximum atomic E-state index is 13.6. The summed E-state index contributed by atoms with van der Waals surface area (Å²) in [6.45, 7) is 0. The number of sulfonamides is 1. The highest BCUT2D eigenvalue weighted by molar-refractivity contribution is 9.10. The molecule has 1 N–H and O–H groups in total. The Morgan fingerprint density at radius 3 is 2.35 bits per heavy atom. The molecule has 23 heavy (non-hydrogen) atoms. The molecule has 0 bridgehead atoms. The Morgan fingerprint density at radius 2 is 1.78 bits per heavy atom. The molecule has 0 aromatic heterocycles. The van der Waals surface area contributed by atoms with Gasteiger partial charge in [-0.15, -0.1) is 0 Å². The van der Waals surface area contributed by atoms with Gasteiger partial charge in [0, 0.05) is 4.47 Å². The van der Waals surface area contributed by atoms with Gasteiger partial charge in [-0.3, -0.25) is 4.72 Å². The van der Waals surface area contributed by atoms with Crippen molar-refractivity contribution >= 4 is 37.6 Å². The predicted molar refractivity (Wildman–Crippen MR) is 82.6 cm³/mol. The van der Waals surface area contributed by atoms with Crippen molar-refractivity contribution in [2.75, 3.05) is 11.8 Å². The van der Waals surface area contributed by atoms with Crippen molar-refractivity contribution in [2.45, 2.75) is 4.90 Å². The number of nitrogens with one attached hydrogen (secondary N) is 1. The highest BCUT2D eigenvalue weighted by atomic mass is 79.9. The molecule has 0 aliphatic heterocycles. The molecule has 0 radical (unpaired) electrons. The number of carbonyl (C=O) groups is 1. The van der Waals surface area contributed by atoms with E-state index in [0.29, 0.717) is 4.47 Å². The molecule has 0 spiro atoms. The smallest absolute Gasteiger partial charge is 0.339 e. The quantitative estimate of drug-likeness (QED) is 0.791. The van der Waals surface area contributed by atoms with Gasteiger partial charge in [0.2, 0.25) is 0 Å². The lowest BCUT2D eigenvalue weighted by molar-refractivity contribution is 0.0596. The molecule has 2 rings (SSSR count). The second kappa shape index (κ2) is 6.63. The second-order valence-corrected chi connectivity index (χ2v) is 6.90. The minimum Gasteiger partial charge on any atom is -0.465 e. The summed E-state index contributed by atoms with van der Waals surface area (Å²) in [7, 11) is -3.33. The largest absolute Gasteiger partial charge is 0.465 e. The van der Waals surface area contributed by atoms with Gasteiger partial charge in [-0.25, -0.2) is 22.0 Å². The molecular formula is C14H10BrF2NO4S. The third-order valence-corrected chi connectivity index (χ3v) is 4.74. The van der Waals surface area contributed by atoms with Crippen LogP contribution in [0.4, 0.5) is 14.5 Å². The van der Waals surface area contributed by atoms with E-state index in [0.717, 1.165) is 31.4 Å². The summed E-state index contributed by atoms with van der Waals surface area (Å²) in [5.41, 5.74) is -1.10. The van der Waals surface area contributed by atoms with E-state index in [9.17, 15) is 22.0 Å². The fraction of sp³-hybridized carbons (Fsp3) is 0.0714. The third-order valence-electron chi connectivity index (χ3n) is 2.84. The van der Waals surface area contributed by atoms with Crippen LogP contribution in [0.5, 0.6) is 0 Å². The van der Waals surface area contributed by atoms with Crippen LogP contribution in [0.25, 0.3) is 0 Å². The van der Waals surface area contributed by atoms with Crippen molar-refractivity contribution in [1.82, 2.24) is 0 Å². The number of benzene rings is 2. The molecule has 0 unspecified atom stereocenters. The van der Waals surface area contributed by atoms with E-state index in [2.05, 4.69) is 20.7 Å². The van der Waals surface area contributed by atoms with Gasteiger partial charge in [-0.1, -0.05) is 22.0 Å². The first kappa shape index (κ1) is 17.4. The molecule has 0 atom stereocenters. The topological polar surface area (TPSA) is 72.5 Å². The number of para-hydroxylation sites is 1. The number of anilines is 1. The highest BCUT2D eigenvalue weighted by Gasteiger charge is 2.25. The maximum absolute atomic E-state index is 13.6. The van der Waals surface area contributed by atoms with Crippen molar-refractivity contribution in [1.29, 1.82) is 0 Å². The van der Waals surface area contributed by atoms with Gasteiger partial charge in [0.1, 0.15) is 22.2 Å². The fourth-order valence-corrected chi connectivity index (χ4v) is 3.40. The summed E-state index contributed by atoms with van der Waals surface area (Å²) in [4.78, 5) is 11.3. The number of rotatable bonds is 4. The van der Waals surface area contributed by atoms with Gasteiger partial charge < -0.3 is 4.74 Å². The zero-order chi connectivity index (χ0) is 17.2. The first-order valence-electron chi connectivity index (χ1n) is 6.11. The van der Waals surface area contributed by atoms with Crippen molar-refractivity contribution in [3.05, 3.63) is 58.1 Å². The van der Waals surface area contributed by atoms with Gasteiger partial charge in [0.15, 0.2) is 0 Å². The average molecular weight is 406 g/mol. The summed E-state index contributed by atoms with van der Waals surface area (Å²) in [6.07, 6.45) is 0. The van der Waals surface area contributed by atoms with Gasteiger partial charge >= 0.3 is 5.97 Å². The molecule has 2 aromatic carbocycles. The lowest BCUT2D eigenvalue weighted by Crippen LogP contribution is -2.19. The lowest BCUT2D eigenvalue weighted by Gasteiger charge is -2.12. The van der Waals surface area contributed by atoms with Gasteiger partial charge in [0.05, 0.1) is 12.7 Å². The van der Waals surface area contributed by atoms with Crippen molar-refractivity contribution in [3.63, 3.8) is 0 Å². The first-order valence-corrected chi connectivity index (χ1v) is 8.38. The molecule has 0 aliphatic rings. The van der Waals surface area contributed by atoms with E-state index in [1.165, 1.54) is 12.1 Å². The fourth-order valence-electron chi connectivity index (χ4n) is 1.79. The molecule has 0 aliphatic carbocycles. The Balaban J connectivity index is 2.55. The monoisotopic (exact) mass is 405 g/mol. The first-order chi connectivity index (χ1) is 10.8. The Labute approximate surface area is 139 Å². The lowest BCUT2D eigenvalue weighted by atomic mass is 10.2. The summed E-state index contributed by atoms with van der Waals surface area (Å²) < 4.78 is 58.8. The van der Waals surface area contributed by atoms with Crippen LogP contribution >= 0.6 is 15.9 Å². The van der Waals surface area contributed by atoms with Crippen LogP contribution in [-0.2, 0) is 14.8 Å². The molecule has 2 aromatic rings. The standard InChI is InChI=1S/C14H10BrF2NO4S/c1-22-14(19)9-7-8(15)5-6-12(9)23(20,21)18-13-10(16)3-2-4-11(13)17/h2-7,18H,1H3. The molecule has 5 nitrogen and oxygen atoms in total. The van der Waals surface area contributed by atoms with Gasteiger partial charge in [0.25, 0.3) is 10.0 Å². The Kier molecular flexibility index (Phi) is 5.00. The van der Waals surface area contributed by atoms with E-state index >= 15 is 0 Å². The molecule has 0 saturated heterocycles. The Hall–Kier alpha value is -2.00. The minimum absolute atomic E-state index is 0.272.